The lowest BCUT2D eigenvalue weighted by atomic mass is 9.91. The molecule has 0 unspecified atom stereocenters. The summed E-state index contributed by atoms with van der Waals surface area (Å²) in [4.78, 5) is 8.53. The summed E-state index contributed by atoms with van der Waals surface area (Å²) in [5.41, 5.74) is 2.37. The van der Waals surface area contributed by atoms with Crippen LogP contribution in [0.1, 0.15) is 47.2 Å². The second-order valence-corrected chi connectivity index (χ2v) is 8.36. The molecule has 1 aliphatic heterocycles. The first-order valence-corrected chi connectivity index (χ1v) is 11.0. The summed E-state index contributed by atoms with van der Waals surface area (Å²) in [5, 5.41) is 4.25. The maximum atomic E-state index is 15.2. The molecule has 2 aromatic carbocycles. The van der Waals surface area contributed by atoms with E-state index in [2.05, 4.69) is 15.1 Å². The molecule has 0 saturated carbocycles. The standard InChI is InChI=1S/C25H21F4N5O/c1-14-12-33(13-30-14)21-6-5-15(9-22(21)35-2)8-20(28)24-31-25-17(4-3-7-34(25)32-24)16-10-18(26)23(29)19(27)11-16/h5-6,8-13,17H,3-4,7H2,1-2H3/t17-/m1/s1. The van der Waals surface area contributed by atoms with Gasteiger partial charge in [-0.15, -0.1) is 5.10 Å². The number of rotatable bonds is 5. The molecular weight excluding hydrogens is 462 g/mol. The average Bonchev–Trinajstić information content (AvgIpc) is 3.48. The Bertz CT molecular complexity index is 1420. The summed E-state index contributed by atoms with van der Waals surface area (Å²) < 4.78 is 65.0. The highest BCUT2D eigenvalue weighted by Crippen LogP contribution is 2.35. The van der Waals surface area contributed by atoms with Crippen molar-refractivity contribution < 1.29 is 22.3 Å². The van der Waals surface area contributed by atoms with Crippen molar-refractivity contribution >= 4 is 11.9 Å². The van der Waals surface area contributed by atoms with Crippen molar-refractivity contribution in [2.75, 3.05) is 7.11 Å². The minimum absolute atomic E-state index is 0.136. The van der Waals surface area contributed by atoms with Gasteiger partial charge in [0.25, 0.3) is 0 Å². The lowest BCUT2D eigenvalue weighted by Gasteiger charge is -2.22. The van der Waals surface area contributed by atoms with Gasteiger partial charge < -0.3 is 9.30 Å². The number of hydrogen-bond acceptors (Lipinski definition) is 4. The number of imidazole rings is 1. The van der Waals surface area contributed by atoms with E-state index in [1.165, 1.54) is 17.9 Å². The zero-order valence-electron chi connectivity index (χ0n) is 19.0. The van der Waals surface area contributed by atoms with Crippen LogP contribution in [-0.4, -0.2) is 31.4 Å². The second-order valence-electron chi connectivity index (χ2n) is 8.36. The molecule has 0 spiro atoms. The van der Waals surface area contributed by atoms with Crippen LogP contribution in [0.15, 0.2) is 42.9 Å². The SMILES string of the molecule is COc1cc(C=C(F)c2nc3n(n2)CCC[C@@H]3c2cc(F)c(F)c(F)c2)ccc1-n1cnc(C)c1. The van der Waals surface area contributed by atoms with E-state index in [0.717, 1.165) is 23.5 Å². The summed E-state index contributed by atoms with van der Waals surface area (Å²) in [6, 6.07) is 7.12. The van der Waals surface area contributed by atoms with E-state index in [1.807, 2.05) is 17.7 Å². The van der Waals surface area contributed by atoms with Gasteiger partial charge in [-0.3, -0.25) is 0 Å². The Morgan fingerprint density at radius 1 is 1.14 bits per heavy atom. The number of ether oxygens (including phenoxy) is 1. The Balaban J connectivity index is 1.46. The highest BCUT2D eigenvalue weighted by Gasteiger charge is 2.28. The number of halogens is 4. The van der Waals surface area contributed by atoms with E-state index in [9.17, 15) is 13.2 Å². The van der Waals surface area contributed by atoms with Gasteiger partial charge in [0, 0.05) is 18.7 Å². The van der Waals surface area contributed by atoms with E-state index in [0.29, 0.717) is 36.5 Å². The van der Waals surface area contributed by atoms with Crippen molar-refractivity contribution in [3.05, 3.63) is 88.8 Å². The first-order valence-electron chi connectivity index (χ1n) is 11.0. The smallest absolute Gasteiger partial charge is 0.210 e. The Kier molecular flexibility index (Phi) is 5.88. The van der Waals surface area contributed by atoms with Crippen LogP contribution in [0.25, 0.3) is 17.6 Å². The van der Waals surface area contributed by atoms with Crippen molar-refractivity contribution in [2.45, 2.75) is 32.2 Å². The van der Waals surface area contributed by atoms with Crippen LogP contribution < -0.4 is 4.74 Å². The number of methoxy groups -OCH3 is 1. The summed E-state index contributed by atoms with van der Waals surface area (Å²) in [7, 11) is 1.53. The number of aromatic nitrogens is 5. The molecule has 6 nitrogen and oxygen atoms in total. The van der Waals surface area contributed by atoms with Crippen LogP contribution in [0.2, 0.25) is 0 Å². The van der Waals surface area contributed by atoms with Gasteiger partial charge in [-0.1, -0.05) is 6.07 Å². The molecule has 5 rings (SSSR count). The van der Waals surface area contributed by atoms with Crippen LogP contribution in [-0.2, 0) is 6.54 Å². The van der Waals surface area contributed by atoms with E-state index < -0.39 is 29.2 Å². The zero-order chi connectivity index (χ0) is 24.7. The maximum absolute atomic E-state index is 15.2. The Morgan fingerprint density at radius 2 is 1.91 bits per heavy atom. The van der Waals surface area contributed by atoms with Crippen LogP contribution in [0.3, 0.4) is 0 Å². The minimum Gasteiger partial charge on any atom is -0.495 e. The van der Waals surface area contributed by atoms with Crippen molar-refractivity contribution in [1.82, 2.24) is 24.3 Å². The largest absolute Gasteiger partial charge is 0.495 e. The molecule has 10 heteroatoms. The molecule has 0 radical (unpaired) electrons. The normalized spacial score (nSPS) is 15.8. The van der Waals surface area contributed by atoms with Gasteiger partial charge in [0.05, 0.1) is 24.8 Å². The monoisotopic (exact) mass is 483 g/mol. The Labute approximate surface area is 198 Å². The van der Waals surface area contributed by atoms with E-state index >= 15 is 4.39 Å². The second kappa shape index (κ2) is 9.01. The lowest BCUT2D eigenvalue weighted by molar-refractivity contribution is 0.413. The first-order chi connectivity index (χ1) is 16.8. The molecule has 3 heterocycles. The molecule has 0 saturated heterocycles. The van der Waals surface area contributed by atoms with Crippen molar-refractivity contribution in [1.29, 1.82) is 0 Å². The predicted molar refractivity (Wildman–Crippen MR) is 121 cm³/mol. The fourth-order valence-electron chi connectivity index (χ4n) is 4.31. The van der Waals surface area contributed by atoms with Gasteiger partial charge in [0.2, 0.25) is 5.82 Å². The summed E-state index contributed by atoms with van der Waals surface area (Å²) in [6.07, 6.45) is 5.99. The third kappa shape index (κ3) is 4.31. The highest BCUT2D eigenvalue weighted by molar-refractivity contribution is 5.75. The van der Waals surface area contributed by atoms with Gasteiger partial charge >= 0.3 is 0 Å². The van der Waals surface area contributed by atoms with Crippen molar-refractivity contribution in [3.63, 3.8) is 0 Å². The molecule has 0 aliphatic carbocycles. The maximum Gasteiger partial charge on any atom is 0.210 e. The molecule has 0 amide bonds. The van der Waals surface area contributed by atoms with Crippen LogP contribution >= 0.6 is 0 Å². The third-order valence-corrected chi connectivity index (χ3v) is 5.98. The van der Waals surface area contributed by atoms with Crippen LogP contribution in [0, 0.1) is 24.4 Å². The zero-order valence-corrected chi connectivity index (χ0v) is 19.0. The van der Waals surface area contributed by atoms with Gasteiger partial charge in [0.15, 0.2) is 23.3 Å². The van der Waals surface area contributed by atoms with Gasteiger partial charge in [0.1, 0.15) is 11.6 Å². The highest BCUT2D eigenvalue weighted by atomic mass is 19.2. The van der Waals surface area contributed by atoms with Gasteiger partial charge in [-0.25, -0.2) is 32.2 Å². The molecule has 35 heavy (non-hydrogen) atoms. The summed E-state index contributed by atoms with van der Waals surface area (Å²) >= 11 is 0. The van der Waals surface area contributed by atoms with Gasteiger partial charge in [-0.05, 0) is 61.2 Å². The quantitative estimate of drug-likeness (QED) is 0.274. The van der Waals surface area contributed by atoms with Crippen molar-refractivity contribution in [3.8, 4) is 11.4 Å². The predicted octanol–water partition coefficient (Wildman–Crippen LogP) is 5.59. The molecule has 1 aliphatic rings. The van der Waals surface area contributed by atoms with Gasteiger partial charge in [-0.2, -0.15) is 0 Å². The minimum atomic E-state index is -1.52. The molecule has 0 fully saturated rings. The summed E-state index contributed by atoms with van der Waals surface area (Å²) in [6.45, 7) is 2.37. The number of nitrogens with zero attached hydrogens (tertiary/aromatic N) is 5. The summed E-state index contributed by atoms with van der Waals surface area (Å²) in [5.74, 6) is -4.49. The molecule has 0 bridgehead atoms. The first kappa shape index (κ1) is 22.8. The number of aryl methyl sites for hydroxylation is 2. The topological polar surface area (TPSA) is 57.8 Å². The van der Waals surface area contributed by atoms with Crippen LogP contribution in [0.4, 0.5) is 17.6 Å². The fourth-order valence-corrected chi connectivity index (χ4v) is 4.31. The molecule has 4 aromatic rings. The Hall–Kier alpha value is -3.95. The lowest BCUT2D eigenvalue weighted by Crippen LogP contribution is -2.18. The molecular formula is C25H21F4N5O. The number of benzene rings is 2. The Morgan fingerprint density at radius 3 is 2.60 bits per heavy atom. The molecule has 1 atom stereocenters. The molecule has 0 N–H and O–H groups in total. The number of hydrogen-bond donors (Lipinski definition) is 0. The van der Waals surface area contributed by atoms with E-state index in [1.54, 1.807) is 24.5 Å². The number of fused-ring (bicyclic) bond motifs is 1. The van der Waals surface area contributed by atoms with Crippen molar-refractivity contribution in [2.24, 2.45) is 0 Å². The molecule has 180 valence electrons. The van der Waals surface area contributed by atoms with E-state index in [-0.39, 0.29) is 11.4 Å². The average molecular weight is 483 g/mol. The molecule has 2 aromatic heterocycles. The fraction of sp³-hybridized carbons (Fsp3) is 0.240. The van der Waals surface area contributed by atoms with E-state index in [4.69, 9.17) is 4.74 Å². The van der Waals surface area contributed by atoms with Crippen LogP contribution in [0.5, 0.6) is 5.75 Å². The third-order valence-electron chi connectivity index (χ3n) is 5.98.